The normalized spacial score (nSPS) is 15.0. The number of aromatic nitrogens is 2. The molecule has 0 saturated carbocycles. The number of hydrogen-bond acceptors (Lipinski definition) is 3. The minimum Gasteiger partial charge on any atom is -0.335 e. The molecule has 1 N–H and O–H groups in total. The van der Waals surface area contributed by atoms with Gasteiger partial charge in [0.05, 0.1) is 5.69 Å². The fourth-order valence-corrected chi connectivity index (χ4v) is 3.50. The maximum Gasteiger partial charge on any atom is 0.271 e. The van der Waals surface area contributed by atoms with Crippen molar-refractivity contribution in [2.75, 3.05) is 26.2 Å². The van der Waals surface area contributed by atoms with E-state index >= 15 is 0 Å². The lowest BCUT2D eigenvalue weighted by Gasteiger charge is -2.34. The Balaban J connectivity index is 1.36. The zero-order valence-electron chi connectivity index (χ0n) is 15.2. The topological polar surface area (TPSA) is 52.2 Å². The summed E-state index contributed by atoms with van der Waals surface area (Å²) in [5.74, 6) is -0.278. The molecule has 144 valence electrons. The number of nitrogens with zero attached hydrogens (tertiary/aromatic N) is 3. The van der Waals surface area contributed by atoms with Gasteiger partial charge >= 0.3 is 0 Å². The van der Waals surface area contributed by atoms with Crippen LogP contribution in [0.15, 0.2) is 54.6 Å². The SMILES string of the molecule is O=C(c1cc(-c2ccc(Cl)cc2)n[nH]1)N1CCN(Cc2cccc(F)c2)CC1. The van der Waals surface area contributed by atoms with E-state index in [0.29, 0.717) is 36.0 Å². The van der Waals surface area contributed by atoms with E-state index in [-0.39, 0.29) is 11.7 Å². The molecule has 0 atom stereocenters. The molecule has 0 spiro atoms. The van der Waals surface area contributed by atoms with Crippen molar-refractivity contribution in [3.8, 4) is 11.3 Å². The predicted octanol–water partition coefficient (Wildman–Crippen LogP) is 3.83. The number of carbonyl (C=O) groups excluding carboxylic acids is 1. The monoisotopic (exact) mass is 398 g/mol. The van der Waals surface area contributed by atoms with Gasteiger partial charge in [0.1, 0.15) is 11.5 Å². The van der Waals surface area contributed by atoms with Crippen LogP contribution in [0.4, 0.5) is 4.39 Å². The molecule has 1 aliphatic rings. The smallest absolute Gasteiger partial charge is 0.271 e. The highest BCUT2D eigenvalue weighted by atomic mass is 35.5. The van der Waals surface area contributed by atoms with Crippen LogP contribution in [0, 0.1) is 5.82 Å². The van der Waals surface area contributed by atoms with Gasteiger partial charge < -0.3 is 4.90 Å². The zero-order valence-corrected chi connectivity index (χ0v) is 16.0. The highest BCUT2D eigenvalue weighted by Crippen LogP contribution is 2.21. The molecular formula is C21H20ClFN4O. The summed E-state index contributed by atoms with van der Waals surface area (Å²) in [6.45, 7) is 3.44. The van der Waals surface area contributed by atoms with Crippen molar-refractivity contribution in [2.24, 2.45) is 0 Å². The van der Waals surface area contributed by atoms with Crippen LogP contribution in [0.2, 0.25) is 5.02 Å². The van der Waals surface area contributed by atoms with Gasteiger partial charge in [-0.25, -0.2) is 4.39 Å². The molecule has 1 saturated heterocycles. The Morgan fingerprint density at radius 1 is 1.07 bits per heavy atom. The summed E-state index contributed by atoms with van der Waals surface area (Å²) in [7, 11) is 0. The van der Waals surface area contributed by atoms with Gasteiger partial charge in [-0.1, -0.05) is 35.9 Å². The van der Waals surface area contributed by atoms with Gasteiger partial charge in [-0.15, -0.1) is 0 Å². The number of halogens is 2. The van der Waals surface area contributed by atoms with Crippen LogP contribution in [0.5, 0.6) is 0 Å². The van der Waals surface area contributed by atoms with Crippen LogP contribution in [0.1, 0.15) is 16.1 Å². The first kappa shape index (κ1) is 18.7. The average Bonchev–Trinajstić information content (AvgIpc) is 3.19. The van der Waals surface area contributed by atoms with Gasteiger partial charge in [0.25, 0.3) is 5.91 Å². The van der Waals surface area contributed by atoms with E-state index in [1.54, 1.807) is 30.3 Å². The van der Waals surface area contributed by atoms with Gasteiger partial charge in [-0.3, -0.25) is 14.8 Å². The quantitative estimate of drug-likeness (QED) is 0.726. The van der Waals surface area contributed by atoms with E-state index in [1.165, 1.54) is 6.07 Å². The second-order valence-corrected chi connectivity index (χ2v) is 7.31. The van der Waals surface area contributed by atoms with Crippen molar-refractivity contribution in [1.82, 2.24) is 20.0 Å². The minimum absolute atomic E-state index is 0.0573. The van der Waals surface area contributed by atoms with Crippen LogP contribution in [0.25, 0.3) is 11.3 Å². The first-order valence-corrected chi connectivity index (χ1v) is 9.54. The largest absolute Gasteiger partial charge is 0.335 e. The molecule has 2 aromatic carbocycles. The predicted molar refractivity (Wildman–Crippen MR) is 107 cm³/mol. The molecule has 1 fully saturated rings. The Morgan fingerprint density at radius 2 is 1.82 bits per heavy atom. The summed E-state index contributed by atoms with van der Waals surface area (Å²) >= 11 is 5.92. The van der Waals surface area contributed by atoms with Gasteiger partial charge in [-0.05, 0) is 35.9 Å². The van der Waals surface area contributed by atoms with Crippen molar-refractivity contribution in [2.45, 2.75) is 6.54 Å². The number of carbonyl (C=O) groups is 1. The Bertz CT molecular complexity index is 965. The third-order valence-electron chi connectivity index (χ3n) is 4.90. The molecule has 1 amide bonds. The third kappa shape index (κ3) is 4.24. The molecule has 7 heteroatoms. The van der Waals surface area contributed by atoms with E-state index in [9.17, 15) is 9.18 Å². The van der Waals surface area contributed by atoms with E-state index in [1.807, 2.05) is 23.1 Å². The molecule has 28 heavy (non-hydrogen) atoms. The van der Waals surface area contributed by atoms with Crippen LogP contribution >= 0.6 is 11.6 Å². The number of nitrogens with one attached hydrogen (secondary N) is 1. The van der Waals surface area contributed by atoms with E-state index < -0.39 is 0 Å². The lowest BCUT2D eigenvalue weighted by atomic mass is 10.1. The van der Waals surface area contributed by atoms with E-state index in [0.717, 1.165) is 24.2 Å². The van der Waals surface area contributed by atoms with Crippen LogP contribution < -0.4 is 0 Å². The molecule has 1 aliphatic heterocycles. The van der Waals surface area contributed by atoms with E-state index in [4.69, 9.17) is 11.6 Å². The molecular weight excluding hydrogens is 379 g/mol. The summed E-state index contributed by atoms with van der Waals surface area (Å²) in [6, 6.07) is 15.8. The maximum absolute atomic E-state index is 13.3. The second-order valence-electron chi connectivity index (χ2n) is 6.87. The summed E-state index contributed by atoms with van der Waals surface area (Å²) in [4.78, 5) is 16.8. The molecule has 4 rings (SSSR count). The van der Waals surface area contributed by atoms with Gasteiger partial charge in [0.15, 0.2) is 0 Å². The van der Waals surface area contributed by atoms with Gasteiger partial charge in [0, 0.05) is 43.3 Å². The number of hydrogen-bond donors (Lipinski definition) is 1. The Hall–Kier alpha value is -2.70. The Morgan fingerprint density at radius 3 is 2.54 bits per heavy atom. The Labute approximate surface area is 167 Å². The van der Waals surface area contributed by atoms with Crippen LogP contribution in [-0.2, 0) is 6.54 Å². The summed E-state index contributed by atoms with van der Waals surface area (Å²) < 4.78 is 13.3. The first-order chi connectivity index (χ1) is 13.6. The van der Waals surface area contributed by atoms with Gasteiger partial charge in [0.2, 0.25) is 0 Å². The third-order valence-corrected chi connectivity index (χ3v) is 5.15. The van der Waals surface area contributed by atoms with Crippen molar-refractivity contribution in [3.63, 3.8) is 0 Å². The molecule has 0 unspecified atom stereocenters. The fourth-order valence-electron chi connectivity index (χ4n) is 3.37. The summed E-state index contributed by atoms with van der Waals surface area (Å²) in [6.07, 6.45) is 0. The number of amides is 1. The lowest BCUT2D eigenvalue weighted by molar-refractivity contribution is 0.0622. The van der Waals surface area contributed by atoms with Crippen LogP contribution in [-0.4, -0.2) is 52.1 Å². The molecule has 2 heterocycles. The number of piperazine rings is 1. The minimum atomic E-state index is -0.220. The molecule has 0 bridgehead atoms. The molecule has 1 aromatic heterocycles. The highest BCUT2D eigenvalue weighted by Gasteiger charge is 2.23. The maximum atomic E-state index is 13.3. The second kappa shape index (κ2) is 8.12. The van der Waals surface area contributed by atoms with Crippen molar-refractivity contribution in [3.05, 3.63) is 76.7 Å². The summed E-state index contributed by atoms with van der Waals surface area (Å²) in [5.41, 5.74) is 3.04. The zero-order chi connectivity index (χ0) is 19.5. The standard InChI is InChI=1S/C21H20ClFN4O/c22-17-6-4-16(5-7-17)19-13-20(25-24-19)21(28)27-10-8-26(9-11-27)14-15-2-1-3-18(23)12-15/h1-7,12-13H,8-11,14H2,(H,24,25). The average molecular weight is 399 g/mol. The van der Waals surface area contributed by atoms with E-state index in [2.05, 4.69) is 15.1 Å². The van der Waals surface area contributed by atoms with Crippen molar-refractivity contribution < 1.29 is 9.18 Å². The number of H-pyrrole nitrogens is 1. The van der Waals surface area contributed by atoms with Crippen LogP contribution in [0.3, 0.4) is 0 Å². The Kier molecular flexibility index (Phi) is 5.41. The number of benzene rings is 2. The number of rotatable bonds is 4. The molecule has 3 aromatic rings. The molecule has 5 nitrogen and oxygen atoms in total. The lowest BCUT2D eigenvalue weighted by Crippen LogP contribution is -2.48. The first-order valence-electron chi connectivity index (χ1n) is 9.16. The highest BCUT2D eigenvalue weighted by molar-refractivity contribution is 6.30. The van der Waals surface area contributed by atoms with Gasteiger partial charge in [-0.2, -0.15) is 5.10 Å². The summed E-state index contributed by atoms with van der Waals surface area (Å²) in [5, 5.41) is 7.75. The van der Waals surface area contributed by atoms with Crippen molar-refractivity contribution >= 4 is 17.5 Å². The molecule has 0 aliphatic carbocycles. The molecule has 0 radical (unpaired) electrons. The number of aromatic amines is 1. The fraction of sp³-hybridized carbons (Fsp3) is 0.238. The van der Waals surface area contributed by atoms with Crippen molar-refractivity contribution in [1.29, 1.82) is 0 Å².